The molecule has 2 aromatic rings. The van der Waals surface area contributed by atoms with Crippen molar-refractivity contribution in [1.82, 2.24) is 14.2 Å². The number of hydrogen-bond acceptors (Lipinski definition) is 6. The number of thiazole rings is 1. The molecule has 2 fully saturated rings. The number of hydrogen-bond donors (Lipinski definition) is 0. The van der Waals surface area contributed by atoms with E-state index in [2.05, 4.69) is 9.88 Å². The molecule has 8 heteroatoms. The molecule has 6 nitrogen and oxygen atoms in total. The van der Waals surface area contributed by atoms with E-state index in [9.17, 15) is 8.42 Å². The van der Waals surface area contributed by atoms with Crippen LogP contribution in [0.2, 0.25) is 0 Å². The van der Waals surface area contributed by atoms with E-state index in [4.69, 9.17) is 4.74 Å². The molecular weight excluding hydrogens is 382 g/mol. The van der Waals surface area contributed by atoms with Gasteiger partial charge in [-0.05, 0) is 37.8 Å². The fourth-order valence-electron chi connectivity index (χ4n) is 3.96. The third-order valence-electron chi connectivity index (χ3n) is 5.47. The maximum atomic E-state index is 12.8. The molecule has 1 aromatic carbocycles. The van der Waals surface area contributed by atoms with Crippen molar-refractivity contribution < 1.29 is 13.2 Å². The number of benzene rings is 1. The third-order valence-corrected chi connectivity index (χ3v) is 8.05. The largest absolute Gasteiger partial charge is 0.467 e. The van der Waals surface area contributed by atoms with E-state index >= 15 is 0 Å². The van der Waals surface area contributed by atoms with Gasteiger partial charge in [-0.2, -0.15) is 4.31 Å². The minimum absolute atomic E-state index is 0.242. The van der Waals surface area contributed by atoms with Gasteiger partial charge in [0, 0.05) is 43.8 Å². The third kappa shape index (κ3) is 4.34. The highest BCUT2D eigenvalue weighted by molar-refractivity contribution is 7.89. The molecule has 0 aliphatic carbocycles. The first-order valence-electron chi connectivity index (χ1n) is 9.48. The number of nitrogens with zero attached hydrogens (tertiary/aromatic N) is 3. The van der Waals surface area contributed by atoms with Gasteiger partial charge in [-0.3, -0.25) is 0 Å². The van der Waals surface area contributed by atoms with Crippen LogP contribution < -0.4 is 4.74 Å². The fourth-order valence-corrected chi connectivity index (χ4v) is 6.00. The van der Waals surface area contributed by atoms with Gasteiger partial charge < -0.3 is 9.64 Å². The topological polar surface area (TPSA) is 62.7 Å². The van der Waals surface area contributed by atoms with E-state index in [1.54, 1.807) is 34.8 Å². The molecule has 2 aliphatic rings. The number of piperidine rings is 2. The summed E-state index contributed by atoms with van der Waals surface area (Å²) < 4.78 is 33.1. The van der Waals surface area contributed by atoms with Crippen LogP contribution in [0.4, 0.5) is 0 Å². The summed E-state index contributed by atoms with van der Waals surface area (Å²) in [5.74, 6) is 0. The number of aromatic nitrogens is 1. The van der Waals surface area contributed by atoms with Gasteiger partial charge >= 0.3 is 0 Å². The van der Waals surface area contributed by atoms with Crippen molar-refractivity contribution in [3.05, 3.63) is 41.9 Å². The van der Waals surface area contributed by atoms with Gasteiger partial charge in [0.05, 0.1) is 4.90 Å². The number of ether oxygens (including phenoxy) is 1. The van der Waals surface area contributed by atoms with Crippen LogP contribution in [0, 0.1) is 0 Å². The minimum atomic E-state index is -3.36. The quantitative estimate of drug-likeness (QED) is 0.763. The number of likely N-dealkylation sites (tertiary alicyclic amines) is 1. The van der Waals surface area contributed by atoms with Crippen LogP contribution in [0.15, 0.2) is 46.8 Å². The van der Waals surface area contributed by atoms with Crippen LogP contribution in [-0.4, -0.2) is 60.9 Å². The Morgan fingerprint density at radius 2 is 1.70 bits per heavy atom. The molecule has 0 bridgehead atoms. The smallest absolute Gasteiger partial charge is 0.273 e. The van der Waals surface area contributed by atoms with Crippen LogP contribution in [0.5, 0.6) is 5.19 Å². The molecule has 0 N–H and O–H groups in total. The second-order valence-electron chi connectivity index (χ2n) is 7.10. The van der Waals surface area contributed by atoms with Crippen molar-refractivity contribution in [1.29, 1.82) is 0 Å². The molecule has 0 saturated carbocycles. The second kappa shape index (κ2) is 8.26. The van der Waals surface area contributed by atoms with E-state index in [1.807, 2.05) is 11.4 Å². The predicted octanol–water partition coefficient (Wildman–Crippen LogP) is 2.84. The van der Waals surface area contributed by atoms with Crippen molar-refractivity contribution in [3.8, 4) is 5.19 Å². The zero-order chi connectivity index (χ0) is 18.7. The predicted molar refractivity (Wildman–Crippen MR) is 106 cm³/mol. The molecule has 2 saturated heterocycles. The number of sulfonamides is 1. The Morgan fingerprint density at radius 3 is 2.33 bits per heavy atom. The Labute approximate surface area is 164 Å². The van der Waals surface area contributed by atoms with Gasteiger partial charge in [0.25, 0.3) is 5.19 Å². The van der Waals surface area contributed by atoms with Gasteiger partial charge in [0.15, 0.2) is 0 Å². The van der Waals surface area contributed by atoms with Gasteiger partial charge in [-0.1, -0.05) is 29.5 Å². The average molecular weight is 408 g/mol. The normalized spacial score (nSPS) is 21.3. The lowest BCUT2D eigenvalue weighted by atomic mass is 10.00. The van der Waals surface area contributed by atoms with Crippen LogP contribution >= 0.6 is 11.3 Å². The molecule has 2 aliphatic heterocycles. The zero-order valence-electron chi connectivity index (χ0n) is 15.2. The zero-order valence-corrected chi connectivity index (χ0v) is 16.9. The lowest BCUT2D eigenvalue weighted by Gasteiger charge is -2.41. The first-order chi connectivity index (χ1) is 13.1. The van der Waals surface area contributed by atoms with E-state index in [1.165, 1.54) is 11.3 Å². The molecule has 27 heavy (non-hydrogen) atoms. The first-order valence-corrected chi connectivity index (χ1v) is 11.8. The summed E-state index contributed by atoms with van der Waals surface area (Å²) in [7, 11) is -3.36. The van der Waals surface area contributed by atoms with Gasteiger partial charge in [-0.25, -0.2) is 13.4 Å². The molecule has 4 rings (SSSR count). The SMILES string of the molecule is O=S(=O)(c1ccccc1)N1CCC(N2CCC(Oc3nccs3)CC2)CC1. The van der Waals surface area contributed by atoms with Gasteiger partial charge in [-0.15, -0.1) is 0 Å². The van der Waals surface area contributed by atoms with Crippen molar-refractivity contribution in [2.24, 2.45) is 0 Å². The Kier molecular flexibility index (Phi) is 5.77. The molecule has 3 heterocycles. The van der Waals surface area contributed by atoms with Crippen LogP contribution in [0.1, 0.15) is 25.7 Å². The van der Waals surface area contributed by atoms with E-state index in [0.717, 1.165) is 44.0 Å². The fraction of sp³-hybridized carbons (Fsp3) is 0.526. The van der Waals surface area contributed by atoms with Gasteiger partial charge in [0.2, 0.25) is 10.0 Å². The highest BCUT2D eigenvalue weighted by atomic mass is 32.2. The van der Waals surface area contributed by atoms with E-state index < -0.39 is 10.0 Å². The summed E-state index contributed by atoms with van der Waals surface area (Å²) in [4.78, 5) is 7.10. The summed E-state index contributed by atoms with van der Waals surface area (Å²) in [6.45, 7) is 3.20. The van der Waals surface area contributed by atoms with E-state index in [-0.39, 0.29) is 6.10 Å². The highest BCUT2D eigenvalue weighted by Crippen LogP contribution is 2.27. The number of rotatable bonds is 5. The van der Waals surface area contributed by atoms with Crippen LogP contribution in [0.3, 0.4) is 0 Å². The average Bonchev–Trinajstić information content (AvgIpc) is 3.22. The summed E-state index contributed by atoms with van der Waals surface area (Å²) in [5, 5.41) is 2.69. The van der Waals surface area contributed by atoms with E-state index in [0.29, 0.717) is 24.0 Å². The molecule has 0 amide bonds. The minimum Gasteiger partial charge on any atom is -0.467 e. The van der Waals surface area contributed by atoms with Crippen molar-refractivity contribution in [2.75, 3.05) is 26.2 Å². The van der Waals surface area contributed by atoms with Crippen LogP contribution in [0.25, 0.3) is 0 Å². The summed E-state index contributed by atoms with van der Waals surface area (Å²) in [6, 6.07) is 9.21. The molecule has 1 aromatic heterocycles. The second-order valence-corrected chi connectivity index (χ2v) is 9.89. The molecule has 0 unspecified atom stereocenters. The standard InChI is InChI=1S/C19H25N3O3S2/c23-27(24,18-4-2-1-3-5-18)22-13-6-16(7-14-22)21-11-8-17(9-12-21)25-19-20-10-15-26-19/h1-5,10,15-17H,6-9,11-14H2. The monoisotopic (exact) mass is 407 g/mol. The van der Waals surface area contributed by atoms with Crippen molar-refractivity contribution >= 4 is 21.4 Å². The van der Waals surface area contributed by atoms with Crippen molar-refractivity contribution in [3.63, 3.8) is 0 Å². The Morgan fingerprint density at radius 1 is 1.00 bits per heavy atom. The molecule has 0 radical (unpaired) electrons. The first kappa shape index (κ1) is 18.9. The molecule has 146 valence electrons. The summed E-state index contributed by atoms with van der Waals surface area (Å²) in [6.07, 6.45) is 5.80. The van der Waals surface area contributed by atoms with Gasteiger partial charge in [0.1, 0.15) is 6.10 Å². The Balaban J connectivity index is 1.27. The lowest BCUT2D eigenvalue weighted by molar-refractivity contribution is 0.0584. The molecular formula is C19H25N3O3S2. The molecule has 0 spiro atoms. The summed E-state index contributed by atoms with van der Waals surface area (Å²) >= 11 is 1.54. The Hall–Kier alpha value is -1.48. The molecule has 0 atom stereocenters. The van der Waals surface area contributed by atoms with Crippen molar-refractivity contribution in [2.45, 2.75) is 42.7 Å². The Bertz CT molecular complexity index is 811. The lowest BCUT2D eigenvalue weighted by Crippen LogP contribution is -2.50. The van der Waals surface area contributed by atoms with Crippen LogP contribution in [-0.2, 0) is 10.0 Å². The summed E-state index contributed by atoms with van der Waals surface area (Å²) in [5.41, 5.74) is 0. The maximum absolute atomic E-state index is 12.8. The highest BCUT2D eigenvalue weighted by Gasteiger charge is 2.33. The maximum Gasteiger partial charge on any atom is 0.273 e.